The normalized spacial score (nSPS) is 25.9. The van der Waals surface area contributed by atoms with Gasteiger partial charge in [-0.05, 0) is 30.9 Å². The number of benzene rings is 1. The highest BCUT2D eigenvalue weighted by molar-refractivity contribution is 6.31. The fourth-order valence-electron chi connectivity index (χ4n) is 2.88. The van der Waals surface area contributed by atoms with E-state index in [9.17, 15) is 9.59 Å². The van der Waals surface area contributed by atoms with Crippen LogP contribution in [0.1, 0.15) is 24.8 Å². The van der Waals surface area contributed by atoms with E-state index in [0.29, 0.717) is 24.5 Å². The average Bonchev–Trinajstić information content (AvgIpc) is 3.19. The van der Waals surface area contributed by atoms with E-state index >= 15 is 0 Å². The molecule has 1 aromatic rings. The number of halogens is 1. The molecule has 1 aliphatic carbocycles. The van der Waals surface area contributed by atoms with E-state index in [1.165, 1.54) is 0 Å². The number of rotatable bonds is 6. The third kappa shape index (κ3) is 4.24. The first kappa shape index (κ1) is 16.3. The summed E-state index contributed by atoms with van der Waals surface area (Å²) in [4.78, 5) is 24.1. The summed E-state index contributed by atoms with van der Waals surface area (Å²) in [5, 5.41) is 6.38. The van der Waals surface area contributed by atoms with Crippen molar-refractivity contribution < 1.29 is 14.3 Å². The molecule has 1 heterocycles. The first-order chi connectivity index (χ1) is 11.1. The molecule has 1 saturated heterocycles. The van der Waals surface area contributed by atoms with Crippen molar-refractivity contribution in [2.75, 3.05) is 13.2 Å². The monoisotopic (exact) mass is 336 g/mol. The van der Waals surface area contributed by atoms with Crippen molar-refractivity contribution in [2.24, 2.45) is 11.8 Å². The SMILES string of the molecule is O=C(NCc1ccccc1Cl)C1CC1C(=O)NCC1CCCO1. The van der Waals surface area contributed by atoms with Gasteiger partial charge in [-0.25, -0.2) is 0 Å². The van der Waals surface area contributed by atoms with E-state index in [1.54, 1.807) is 6.07 Å². The highest BCUT2D eigenvalue weighted by Gasteiger charge is 2.47. The smallest absolute Gasteiger partial charge is 0.224 e. The van der Waals surface area contributed by atoms with Crippen molar-refractivity contribution in [1.82, 2.24) is 10.6 Å². The van der Waals surface area contributed by atoms with Gasteiger partial charge in [0.1, 0.15) is 0 Å². The van der Waals surface area contributed by atoms with Gasteiger partial charge in [-0.3, -0.25) is 9.59 Å². The van der Waals surface area contributed by atoms with Crippen molar-refractivity contribution in [3.63, 3.8) is 0 Å². The van der Waals surface area contributed by atoms with Crippen molar-refractivity contribution in [3.8, 4) is 0 Å². The molecule has 2 fully saturated rings. The van der Waals surface area contributed by atoms with Gasteiger partial charge in [0.15, 0.2) is 0 Å². The van der Waals surface area contributed by atoms with Gasteiger partial charge in [-0.2, -0.15) is 0 Å². The third-order valence-corrected chi connectivity index (χ3v) is 4.77. The molecule has 3 unspecified atom stereocenters. The molecule has 0 bridgehead atoms. The minimum Gasteiger partial charge on any atom is -0.376 e. The van der Waals surface area contributed by atoms with Crippen LogP contribution in [-0.4, -0.2) is 31.1 Å². The fourth-order valence-corrected chi connectivity index (χ4v) is 3.08. The molecular weight excluding hydrogens is 316 g/mol. The van der Waals surface area contributed by atoms with E-state index in [-0.39, 0.29) is 29.8 Å². The standard InChI is InChI=1S/C17H21ClN2O3/c18-15-6-2-1-4-11(15)9-19-16(21)13-8-14(13)17(22)20-10-12-5-3-7-23-12/h1-2,4,6,12-14H,3,5,7-10H2,(H,19,21)(H,20,22). The van der Waals surface area contributed by atoms with Crippen LogP contribution in [-0.2, 0) is 20.9 Å². The molecule has 3 atom stereocenters. The van der Waals surface area contributed by atoms with Gasteiger partial charge < -0.3 is 15.4 Å². The largest absolute Gasteiger partial charge is 0.376 e. The average molecular weight is 337 g/mol. The van der Waals surface area contributed by atoms with Gasteiger partial charge in [0, 0.05) is 24.7 Å². The van der Waals surface area contributed by atoms with E-state index in [1.807, 2.05) is 18.2 Å². The molecule has 1 aliphatic heterocycles. The Kier molecular flexibility index (Phi) is 5.18. The zero-order chi connectivity index (χ0) is 16.2. The molecule has 6 heteroatoms. The van der Waals surface area contributed by atoms with Crippen molar-refractivity contribution in [3.05, 3.63) is 34.9 Å². The molecule has 0 spiro atoms. The second-order valence-corrected chi connectivity index (χ2v) is 6.55. The highest BCUT2D eigenvalue weighted by Crippen LogP contribution is 2.38. The Hall–Kier alpha value is -1.59. The summed E-state index contributed by atoms with van der Waals surface area (Å²) in [5.74, 6) is -0.551. The summed E-state index contributed by atoms with van der Waals surface area (Å²) in [5.41, 5.74) is 0.877. The van der Waals surface area contributed by atoms with Gasteiger partial charge in [0.2, 0.25) is 11.8 Å². The van der Waals surface area contributed by atoms with Gasteiger partial charge in [-0.15, -0.1) is 0 Å². The minimum absolute atomic E-state index is 0.0432. The van der Waals surface area contributed by atoms with Crippen LogP contribution in [0.25, 0.3) is 0 Å². The quantitative estimate of drug-likeness (QED) is 0.833. The maximum Gasteiger partial charge on any atom is 0.224 e. The number of nitrogens with one attached hydrogen (secondary N) is 2. The number of ether oxygens (including phenoxy) is 1. The molecule has 0 aromatic heterocycles. The molecular formula is C17H21ClN2O3. The van der Waals surface area contributed by atoms with Gasteiger partial charge in [0.25, 0.3) is 0 Å². The second kappa shape index (κ2) is 7.32. The lowest BCUT2D eigenvalue weighted by Gasteiger charge is -2.10. The van der Waals surface area contributed by atoms with Gasteiger partial charge >= 0.3 is 0 Å². The minimum atomic E-state index is -0.220. The molecule has 2 N–H and O–H groups in total. The predicted molar refractivity (Wildman–Crippen MR) is 86.9 cm³/mol. The molecule has 2 aliphatic rings. The Morgan fingerprint density at radius 2 is 1.91 bits per heavy atom. The van der Waals surface area contributed by atoms with E-state index in [2.05, 4.69) is 10.6 Å². The zero-order valence-corrected chi connectivity index (χ0v) is 13.6. The summed E-state index contributed by atoms with van der Waals surface area (Å²) < 4.78 is 5.47. The Labute approximate surface area is 140 Å². The maximum absolute atomic E-state index is 12.1. The zero-order valence-electron chi connectivity index (χ0n) is 12.9. The molecule has 2 amide bonds. The Bertz CT molecular complexity index is 587. The Morgan fingerprint density at radius 3 is 2.61 bits per heavy atom. The van der Waals surface area contributed by atoms with Gasteiger partial charge in [-0.1, -0.05) is 29.8 Å². The van der Waals surface area contributed by atoms with Crippen molar-refractivity contribution >= 4 is 23.4 Å². The fraction of sp³-hybridized carbons (Fsp3) is 0.529. The van der Waals surface area contributed by atoms with Crippen LogP contribution >= 0.6 is 11.6 Å². The number of hydrogen-bond acceptors (Lipinski definition) is 3. The lowest BCUT2D eigenvalue weighted by Crippen LogP contribution is -2.34. The van der Waals surface area contributed by atoms with Gasteiger partial charge in [0.05, 0.1) is 17.9 Å². The van der Waals surface area contributed by atoms with E-state index in [0.717, 1.165) is 25.0 Å². The van der Waals surface area contributed by atoms with Crippen molar-refractivity contribution in [1.29, 1.82) is 0 Å². The van der Waals surface area contributed by atoms with E-state index in [4.69, 9.17) is 16.3 Å². The first-order valence-corrected chi connectivity index (χ1v) is 8.43. The van der Waals surface area contributed by atoms with Crippen LogP contribution in [0, 0.1) is 11.8 Å². The van der Waals surface area contributed by atoms with Crippen molar-refractivity contribution in [2.45, 2.75) is 31.9 Å². The summed E-state index contributed by atoms with van der Waals surface area (Å²) in [6, 6.07) is 7.40. The topological polar surface area (TPSA) is 67.4 Å². The van der Waals surface area contributed by atoms with Crippen LogP contribution in [0.4, 0.5) is 0 Å². The molecule has 3 rings (SSSR count). The van der Waals surface area contributed by atoms with E-state index < -0.39 is 0 Å². The van der Waals surface area contributed by atoms with Crippen LogP contribution < -0.4 is 10.6 Å². The molecule has 5 nitrogen and oxygen atoms in total. The summed E-state index contributed by atoms with van der Waals surface area (Å²) in [6.07, 6.45) is 2.79. The van der Waals surface area contributed by atoms with Crippen LogP contribution in [0.2, 0.25) is 5.02 Å². The predicted octanol–water partition coefficient (Wildman–Crippen LogP) is 1.89. The molecule has 124 valence electrons. The summed E-state index contributed by atoms with van der Waals surface area (Å²) >= 11 is 6.06. The third-order valence-electron chi connectivity index (χ3n) is 4.40. The lowest BCUT2D eigenvalue weighted by molar-refractivity contribution is -0.127. The van der Waals surface area contributed by atoms with Crippen LogP contribution in [0.15, 0.2) is 24.3 Å². The molecule has 1 aromatic carbocycles. The molecule has 1 saturated carbocycles. The number of amides is 2. The Balaban J connectivity index is 1.40. The summed E-state index contributed by atoms with van der Waals surface area (Å²) in [7, 11) is 0. The number of carbonyl (C=O) groups excluding carboxylic acids is 2. The number of carbonyl (C=O) groups is 2. The van der Waals surface area contributed by atoms with Crippen LogP contribution in [0.5, 0.6) is 0 Å². The van der Waals surface area contributed by atoms with Crippen LogP contribution in [0.3, 0.4) is 0 Å². The highest BCUT2D eigenvalue weighted by atomic mass is 35.5. The second-order valence-electron chi connectivity index (χ2n) is 6.14. The first-order valence-electron chi connectivity index (χ1n) is 8.05. The maximum atomic E-state index is 12.1. The summed E-state index contributed by atoms with van der Waals surface area (Å²) in [6.45, 7) is 1.71. The number of hydrogen-bond donors (Lipinski definition) is 2. The lowest BCUT2D eigenvalue weighted by atomic mass is 10.2. The molecule has 23 heavy (non-hydrogen) atoms. The Morgan fingerprint density at radius 1 is 1.17 bits per heavy atom. The molecule has 0 radical (unpaired) electrons.